The molecular formula is C23H17N5O. The maximum absolute atomic E-state index is 10.2. The lowest BCUT2D eigenvalue weighted by atomic mass is 10.0. The molecule has 140 valence electrons. The number of nitrogens with one attached hydrogen (secondary N) is 1. The van der Waals surface area contributed by atoms with E-state index in [9.17, 15) is 5.11 Å². The van der Waals surface area contributed by atoms with Gasteiger partial charge in [-0.3, -0.25) is 0 Å². The standard InChI is InChI=1S/C23H17N5O/c1-14-11-12-19-17(13-14)20(15-7-3-2-4-8-15)26-23(25-19)28-27-21-16-9-5-6-10-18(16)24-22(21)29/h2-13,24,29H,1H3. The lowest BCUT2D eigenvalue weighted by molar-refractivity contribution is 0.459. The summed E-state index contributed by atoms with van der Waals surface area (Å²) >= 11 is 0. The Morgan fingerprint density at radius 2 is 1.62 bits per heavy atom. The molecule has 2 aromatic heterocycles. The second kappa shape index (κ2) is 6.83. The highest BCUT2D eigenvalue weighted by Crippen LogP contribution is 2.36. The molecule has 0 saturated carbocycles. The highest BCUT2D eigenvalue weighted by molar-refractivity contribution is 5.94. The molecule has 0 unspecified atom stereocenters. The Kier molecular flexibility index (Phi) is 4.02. The minimum Gasteiger partial charge on any atom is -0.493 e. The number of aromatic nitrogens is 3. The third kappa shape index (κ3) is 3.10. The zero-order chi connectivity index (χ0) is 19.8. The Bertz CT molecular complexity index is 1370. The van der Waals surface area contributed by atoms with Crippen molar-refractivity contribution >= 4 is 33.4 Å². The Morgan fingerprint density at radius 1 is 0.828 bits per heavy atom. The number of rotatable bonds is 3. The lowest BCUT2D eigenvalue weighted by Gasteiger charge is -2.07. The summed E-state index contributed by atoms with van der Waals surface area (Å²) in [5, 5.41) is 20.4. The Balaban J connectivity index is 1.67. The van der Waals surface area contributed by atoms with Gasteiger partial charge in [-0.15, -0.1) is 10.2 Å². The van der Waals surface area contributed by atoms with Gasteiger partial charge in [0.25, 0.3) is 5.95 Å². The first-order valence-corrected chi connectivity index (χ1v) is 9.24. The van der Waals surface area contributed by atoms with Crippen LogP contribution in [-0.4, -0.2) is 20.1 Å². The molecule has 0 saturated heterocycles. The smallest absolute Gasteiger partial charge is 0.270 e. The van der Waals surface area contributed by atoms with E-state index in [0.717, 1.165) is 38.6 Å². The SMILES string of the molecule is Cc1ccc2nc(N=Nc3c(O)[nH]c4ccccc34)nc(-c3ccccc3)c2c1. The van der Waals surface area contributed by atoms with Crippen molar-refractivity contribution in [1.82, 2.24) is 15.0 Å². The average molecular weight is 379 g/mol. The minimum atomic E-state index is -0.0327. The molecule has 0 fully saturated rings. The molecular weight excluding hydrogens is 362 g/mol. The van der Waals surface area contributed by atoms with Crippen LogP contribution in [0.3, 0.4) is 0 Å². The van der Waals surface area contributed by atoms with Crippen LogP contribution in [0.25, 0.3) is 33.1 Å². The summed E-state index contributed by atoms with van der Waals surface area (Å²) in [5.74, 6) is 0.208. The van der Waals surface area contributed by atoms with E-state index in [4.69, 9.17) is 0 Å². The zero-order valence-electron chi connectivity index (χ0n) is 15.7. The summed E-state index contributed by atoms with van der Waals surface area (Å²) in [5.41, 5.74) is 4.87. The van der Waals surface area contributed by atoms with Gasteiger partial charge in [-0.05, 0) is 25.1 Å². The third-order valence-electron chi connectivity index (χ3n) is 4.79. The van der Waals surface area contributed by atoms with Gasteiger partial charge >= 0.3 is 0 Å². The normalized spacial score (nSPS) is 11.6. The van der Waals surface area contributed by atoms with Crippen LogP contribution < -0.4 is 0 Å². The Morgan fingerprint density at radius 3 is 2.48 bits per heavy atom. The highest BCUT2D eigenvalue weighted by Gasteiger charge is 2.12. The van der Waals surface area contributed by atoms with Crippen LogP contribution >= 0.6 is 0 Å². The molecule has 0 spiro atoms. The fourth-order valence-corrected chi connectivity index (χ4v) is 3.40. The first kappa shape index (κ1) is 17.1. The average Bonchev–Trinajstić information content (AvgIpc) is 3.07. The van der Waals surface area contributed by atoms with E-state index < -0.39 is 0 Å². The quantitative estimate of drug-likeness (QED) is 0.365. The number of aryl methyl sites for hydroxylation is 1. The van der Waals surface area contributed by atoms with Crippen LogP contribution in [0.2, 0.25) is 0 Å². The molecule has 5 rings (SSSR count). The summed E-state index contributed by atoms with van der Waals surface area (Å²) in [6, 6.07) is 23.5. The van der Waals surface area contributed by atoms with Gasteiger partial charge in [-0.1, -0.05) is 60.2 Å². The third-order valence-corrected chi connectivity index (χ3v) is 4.79. The molecule has 0 radical (unpaired) electrons. The molecule has 2 N–H and O–H groups in total. The van der Waals surface area contributed by atoms with Crippen LogP contribution in [0.1, 0.15) is 5.56 Å². The number of benzene rings is 3. The summed E-state index contributed by atoms with van der Waals surface area (Å²) in [7, 11) is 0. The van der Waals surface area contributed by atoms with Crippen LogP contribution in [0, 0.1) is 6.92 Å². The molecule has 3 aromatic carbocycles. The molecule has 0 bridgehead atoms. The number of para-hydroxylation sites is 1. The van der Waals surface area contributed by atoms with E-state index >= 15 is 0 Å². The van der Waals surface area contributed by atoms with Crippen molar-refractivity contribution < 1.29 is 5.11 Å². The van der Waals surface area contributed by atoms with Crippen LogP contribution in [0.15, 0.2) is 83.0 Å². The van der Waals surface area contributed by atoms with E-state index in [-0.39, 0.29) is 11.8 Å². The monoisotopic (exact) mass is 379 g/mol. The van der Waals surface area contributed by atoms with Gasteiger partial charge in [0.1, 0.15) is 0 Å². The summed E-state index contributed by atoms with van der Waals surface area (Å²) in [6.45, 7) is 2.04. The van der Waals surface area contributed by atoms with Gasteiger partial charge in [0, 0.05) is 16.3 Å². The Labute approximate surface area is 166 Å². The van der Waals surface area contributed by atoms with Crippen molar-refractivity contribution in [3.8, 4) is 17.1 Å². The van der Waals surface area contributed by atoms with Crippen molar-refractivity contribution in [1.29, 1.82) is 0 Å². The first-order chi connectivity index (χ1) is 14.2. The van der Waals surface area contributed by atoms with E-state index in [0.29, 0.717) is 5.69 Å². The molecule has 0 aliphatic rings. The van der Waals surface area contributed by atoms with Gasteiger partial charge in [0.2, 0.25) is 5.88 Å². The summed E-state index contributed by atoms with van der Waals surface area (Å²) < 4.78 is 0. The fourth-order valence-electron chi connectivity index (χ4n) is 3.40. The van der Waals surface area contributed by atoms with Crippen molar-refractivity contribution in [2.45, 2.75) is 6.92 Å². The number of aromatic hydroxyl groups is 1. The number of H-pyrrole nitrogens is 1. The maximum Gasteiger partial charge on any atom is 0.270 e. The topological polar surface area (TPSA) is 86.5 Å². The molecule has 5 aromatic rings. The minimum absolute atomic E-state index is 0.0327. The molecule has 0 aliphatic carbocycles. The van der Waals surface area contributed by atoms with Gasteiger partial charge < -0.3 is 10.1 Å². The summed E-state index contributed by atoms with van der Waals surface area (Å²) in [6.07, 6.45) is 0. The van der Waals surface area contributed by atoms with E-state index in [1.165, 1.54) is 0 Å². The largest absolute Gasteiger partial charge is 0.493 e. The molecule has 0 aliphatic heterocycles. The van der Waals surface area contributed by atoms with E-state index in [1.54, 1.807) is 0 Å². The van der Waals surface area contributed by atoms with Gasteiger partial charge in [-0.25, -0.2) is 9.97 Å². The first-order valence-electron chi connectivity index (χ1n) is 9.24. The number of aromatic amines is 1. The molecule has 29 heavy (non-hydrogen) atoms. The van der Waals surface area contributed by atoms with Crippen LogP contribution in [-0.2, 0) is 0 Å². The predicted octanol–water partition coefficient (Wildman–Crippen LogP) is 6.21. The zero-order valence-corrected chi connectivity index (χ0v) is 15.7. The number of fused-ring (bicyclic) bond motifs is 2. The number of azo groups is 1. The van der Waals surface area contributed by atoms with Crippen molar-refractivity contribution in [3.63, 3.8) is 0 Å². The molecule has 2 heterocycles. The van der Waals surface area contributed by atoms with E-state index in [2.05, 4.69) is 31.2 Å². The van der Waals surface area contributed by atoms with Crippen LogP contribution in [0.4, 0.5) is 11.6 Å². The lowest BCUT2D eigenvalue weighted by Crippen LogP contribution is -1.91. The predicted molar refractivity (Wildman–Crippen MR) is 114 cm³/mol. The highest BCUT2D eigenvalue weighted by atomic mass is 16.3. The van der Waals surface area contributed by atoms with Crippen LogP contribution in [0.5, 0.6) is 5.88 Å². The Hall–Kier alpha value is -4.06. The van der Waals surface area contributed by atoms with Gasteiger partial charge in [0.15, 0.2) is 5.69 Å². The van der Waals surface area contributed by atoms with Crippen molar-refractivity contribution in [2.24, 2.45) is 10.2 Å². The molecule has 6 heteroatoms. The van der Waals surface area contributed by atoms with E-state index in [1.807, 2.05) is 73.7 Å². The number of hydrogen-bond donors (Lipinski definition) is 2. The van der Waals surface area contributed by atoms with Gasteiger partial charge in [-0.2, -0.15) is 0 Å². The van der Waals surface area contributed by atoms with Crippen molar-refractivity contribution in [3.05, 3.63) is 78.4 Å². The second-order valence-electron chi connectivity index (χ2n) is 6.83. The maximum atomic E-state index is 10.2. The van der Waals surface area contributed by atoms with Gasteiger partial charge in [0.05, 0.1) is 16.7 Å². The van der Waals surface area contributed by atoms with Crippen molar-refractivity contribution in [2.75, 3.05) is 0 Å². The number of nitrogens with zero attached hydrogens (tertiary/aromatic N) is 4. The number of hydrogen-bond acceptors (Lipinski definition) is 5. The fraction of sp³-hybridized carbons (Fsp3) is 0.0435. The molecule has 6 nitrogen and oxygen atoms in total. The molecule has 0 amide bonds. The molecule has 0 atom stereocenters. The summed E-state index contributed by atoms with van der Waals surface area (Å²) in [4.78, 5) is 12.1. The second-order valence-corrected chi connectivity index (χ2v) is 6.83.